The molecule has 1 aromatic rings. The minimum absolute atomic E-state index is 0.628. The molecule has 0 saturated heterocycles. The van der Waals surface area contributed by atoms with Crippen LogP contribution in [0.15, 0.2) is 47.1 Å². The summed E-state index contributed by atoms with van der Waals surface area (Å²) in [4.78, 5) is 0. The van der Waals surface area contributed by atoms with E-state index in [0.717, 1.165) is 6.42 Å². The van der Waals surface area contributed by atoms with E-state index in [2.05, 4.69) is 58.0 Å². The van der Waals surface area contributed by atoms with Crippen LogP contribution >= 0.6 is 0 Å². The van der Waals surface area contributed by atoms with Gasteiger partial charge in [-0.05, 0) is 39.7 Å². The molecule has 0 N–H and O–H groups in total. The molecule has 2 rings (SSSR count). The molecule has 1 unspecified atom stereocenters. The molecule has 1 aliphatic carbocycles. The Balaban J connectivity index is 2.17. The van der Waals surface area contributed by atoms with Crippen molar-refractivity contribution in [2.45, 2.75) is 34.1 Å². The molecule has 0 radical (unpaired) electrons. The molecule has 1 aromatic carbocycles. The highest BCUT2D eigenvalue weighted by Gasteiger charge is 2.20. The molecule has 0 amide bonds. The van der Waals surface area contributed by atoms with Crippen LogP contribution in [0, 0.1) is 12.8 Å². The van der Waals surface area contributed by atoms with Gasteiger partial charge in [-0.25, -0.2) is 0 Å². The van der Waals surface area contributed by atoms with Crippen LogP contribution in [0.1, 0.15) is 31.9 Å². The molecule has 0 spiro atoms. The van der Waals surface area contributed by atoms with Crippen molar-refractivity contribution in [3.05, 3.63) is 58.2 Å². The van der Waals surface area contributed by atoms with Gasteiger partial charge in [0.25, 0.3) is 0 Å². The van der Waals surface area contributed by atoms with Gasteiger partial charge in [0.1, 0.15) is 0 Å². The van der Waals surface area contributed by atoms with Gasteiger partial charge >= 0.3 is 0 Å². The van der Waals surface area contributed by atoms with Crippen LogP contribution in [0.25, 0.3) is 0 Å². The summed E-state index contributed by atoms with van der Waals surface area (Å²) in [6, 6.07) is 8.91. The molecule has 0 aromatic heterocycles. The summed E-state index contributed by atoms with van der Waals surface area (Å²) in [5, 5.41) is 0. The largest absolute Gasteiger partial charge is 0.0656 e. The van der Waals surface area contributed by atoms with E-state index in [1.165, 1.54) is 27.8 Å². The molecule has 0 heterocycles. The fourth-order valence-electron chi connectivity index (χ4n) is 2.45. The predicted molar refractivity (Wildman–Crippen MR) is 70.5 cm³/mol. The van der Waals surface area contributed by atoms with Crippen molar-refractivity contribution in [2.75, 3.05) is 0 Å². The van der Waals surface area contributed by atoms with E-state index in [1.807, 2.05) is 0 Å². The van der Waals surface area contributed by atoms with Gasteiger partial charge in [0.15, 0.2) is 0 Å². The molecule has 0 fully saturated rings. The summed E-state index contributed by atoms with van der Waals surface area (Å²) in [6.07, 6.45) is 3.47. The Morgan fingerprint density at radius 1 is 0.938 bits per heavy atom. The Hall–Kier alpha value is -1.30. The first-order valence-electron chi connectivity index (χ1n) is 5.99. The normalized spacial score (nSPS) is 20.2. The highest BCUT2D eigenvalue weighted by atomic mass is 14.2. The van der Waals surface area contributed by atoms with Crippen molar-refractivity contribution < 1.29 is 0 Å². The molecular weight excluding hydrogens is 192 g/mol. The first-order valence-corrected chi connectivity index (χ1v) is 5.99. The third kappa shape index (κ3) is 2.11. The first-order chi connectivity index (χ1) is 7.58. The van der Waals surface area contributed by atoms with Crippen LogP contribution < -0.4 is 0 Å². The van der Waals surface area contributed by atoms with Gasteiger partial charge in [-0.15, -0.1) is 0 Å². The van der Waals surface area contributed by atoms with E-state index < -0.39 is 0 Å². The number of hydrogen-bond donors (Lipinski definition) is 0. The van der Waals surface area contributed by atoms with E-state index >= 15 is 0 Å². The van der Waals surface area contributed by atoms with E-state index in [4.69, 9.17) is 0 Å². The Labute approximate surface area is 98.7 Å². The zero-order valence-corrected chi connectivity index (χ0v) is 10.7. The maximum Gasteiger partial charge on any atom is 0.00507 e. The Morgan fingerprint density at radius 2 is 1.56 bits per heavy atom. The summed E-state index contributed by atoms with van der Waals surface area (Å²) < 4.78 is 0. The standard InChI is InChI=1S/C16H20/c1-11-5-7-15(8-6-11)10-16-13(3)9-12(2)14(16)4/h5-9,16H,10H2,1-4H3. The van der Waals surface area contributed by atoms with Gasteiger partial charge in [-0.1, -0.05) is 52.6 Å². The van der Waals surface area contributed by atoms with Crippen LogP contribution in [0.3, 0.4) is 0 Å². The topological polar surface area (TPSA) is 0 Å². The number of rotatable bonds is 2. The van der Waals surface area contributed by atoms with Crippen LogP contribution in [0.5, 0.6) is 0 Å². The van der Waals surface area contributed by atoms with Gasteiger partial charge in [0.2, 0.25) is 0 Å². The van der Waals surface area contributed by atoms with Crippen molar-refractivity contribution >= 4 is 0 Å². The molecule has 1 atom stereocenters. The maximum absolute atomic E-state index is 2.33. The lowest BCUT2D eigenvalue weighted by Gasteiger charge is -2.15. The number of allylic oxidation sites excluding steroid dienone is 4. The van der Waals surface area contributed by atoms with Crippen LogP contribution in [0.4, 0.5) is 0 Å². The Kier molecular flexibility index (Phi) is 3.00. The summed E-state index contributed by atoms with van der Waals surface area (Å²) in [5.74, 6) is 0.628. The fraction of sp³-hybridized carbons (Fsp3) is 0.375. The molecule has 0 heteroatoms. The smallest absolute Gasteiger partial charge is 0.00507 e. The van der Waals surface area contributed by atoms with Crippen LogP contribution in [-0.2, 0) is 6.42 Å². The summed E-state index contributed by atoms with van der Waals surface area (Å²) in [6.45, 7) is 8.87. The lowest BCUT2D eigenvalue weighted by atomic mass is 9.90. The fourth-order valence-corrected chi connectivity index (χ4v) is 2.45. The van der Waals surface area contributed by atoms with E-state index in [-0.39, 0.29) is 0 Å². The van der Waals surface area contributed by atoms with Gasteiger partial charge in [0, 0.05) is 5.92 Å². The average Bonchev–Trinajstić information content (AvgIpc) is 2.48. The first kappa shape index (κ1) is 11.2. The van der Waals surface area contributed by atoms with Gasteiger partial charge in [-0.2, -0.15) is 0 Å². The van der Waals surface area contributed by atoms with Crippen molar-refractivity contribution in [1.29, 1.82) is 0 Å². The maximum atomic E-state index is 2.33. The third-order valence-electron chi connectivity index (χ3n) is 3.70. The number of aryl methyl sites for hydroxylation is 1. The van der Waals surface area contributed by atoms with E-state index in [9.17, 15) is 0 Å². The minimum Gasteiger partial charge on any atom is -0.0656 e. The molecule has 0 bridgehead atoms. The second kappa shape index (κ2) is 4.29. The average molecular weight is 212 g/mol. The Morgan fingerprint density at radius 3 is 2.06 bits per heavy atom. The zero-order chi connectivity index (χ0) is 11.7. The van der Waals surface area contributed by atoms with Gasteiger partial charge in [0.05, 0.1) is 0 Å². The second-order valence-corrected chi connectivity index (χ2v) is 5.00. The molecule has 16 heavy (non-hydrogen) atoms. The predicted octanol–water partition coefficient (Wildman–Crippen LogP) is 4.45. The number of benzene rings is 1. The highest BCUT2D eigenvalue weighted by molar-refractivity contribution is 5.40. The molecule has 0 saturated carbocycles. The van der Waals surface area contributed by atoms with Crippen molar-refractivity contribution in [1.82, 2.24) is 0 Å². The monoisotopic (exact) mass is 212 g/mol. The lowest BCUT2D eigenvalue weighted by Crippen LogP contribution is -2.05. The van der Waals surface area contributed by atoms with E-state index in [1.54, 1.807) is 0 Å². The van der Waals surface area contributed by atoms with Gasteiger partial charge < -0.3 is 0 Å². The molecule has 0 nitrogen and oxygen atoms in total. The van der Waals surface area contributed by atoms with Crippen molar-refractivity contribution in [3.63, 3.8) is 0 Å². The number of hydrogen-bond acceptors (Lipinski definition) is 0. The molecule has 84 valence electrons. The Bertz CT molecular complexity index is 443. The summed E-state index contributed by atoms with van der Waals surface area (Å²) in [7, 11) is 0. The molecular formula is C16H20. The van der Waals surface area contributed by atoms with Crippen LogP contribution in [0.2, 0.25) is 0 Å². The molecule has 1 aliphatic rings. The lowest BCUT2D eigenvalue weighted by molar-refractivity contribution is 0.719. The van der Waals surface area contributed by atoms with E-state index in [0.29, 0.717) is 5.92 Å². The second-order valence-electron chi connectivity index (χ2n) is 5.00. The SMILES string of the molecule is CC1=CC(C)=C(C)C1Cc1ccc(C)cc1. The quantitative estimate of drug-likeness (QED) is 0.679. The van der Waals surface area contributed by atoms with Gasteiger partial charge in [-0.3, -0.25) is 0 Å². The third-order valence-corrected chi connectivity index (χ3v) is 3.70. The molecule has 0 aliphatic heterocycles. The zero-order valence-electron chi connectivity index (χ0n) is 10.7. The summed E-state index contributed by atoms with van der Waals surface area (Å²) in [5.41, 5.74) is 7.28. The van der Waals surface area contributed by atoms with Crippen LogP contribution in [-0.4, -0.2) is 0 Å². The van der Waals surface area contributed by atoms with Crippen molar-refractivity contribution in [2.24, 2.45) is 5.92 Å². The minimum atomic E-state index is 0.628. The highest BCUT2D eigenvalue weighted by Crippen LogP contribution is 2.33. The van der Waals surface area contributed by atoms with Crippen molar-refractivity contribution in [3.8, 4) is 0 Å². The summed E-state index contributed by atoms with van der Waals surface area (Å²) >= 11 is 0.